The van der Waals surface area contributed by atoms with E-state index >= 15 is 0 Å². The molecule has 2 atom stereocenters. The highest BCUT2D eigenvalue weighted by Gasteiger charge is 2.50. The van der Waals surface area contributed by atoms with E-state index in [4.69, 9.17) is 9.47 Å². The van der Waals surface area contributed by atoms with Crippen molar-refractivity contribution >= 4 is 5.91 Å². The van der Waals surface area contributed by atoms with E-state index in [9.17, 15) is 14.3 Å². The lowest BCUT2D eigenvalue weighted by atomic mass is 9.80. The summed E-state index contributed by atoms with van der Waals surface area (Å²) in [5.74, 6) is 0.746. The Morgan fingerprint density at radius 1 is 1.21 bits per heavy atom. The summed E-state index contributed by atoms with van der Waals surface area (Å²) >= 11 is 0. The normalized spacial score (nSPS) is 27.9. The maximum atomic E-state index is 14.2. The zero-order valence-corrected chi connectivity index (χ0v) is 15.3. The molecular weight excluding hydrogens is 363 g/mol. The van der Waals surface area contributed by atoms with Crippen molar-refractivity contribution in [3.8, 4) is 11.5 Å². The van der Waals surface area contributed by atoms with Crippen molar-refractivity contribution in [2.75, 3.05) is 6.79 Å². The highest BCUT2D eigenvalue weighted by molar-refractivity contribution is 5.80. The highest BCUT2D eigenvalue weighted by Crippen LogP contribution is 2.46. The van der Waals surface area contributed by atoms with Crippen molar-refractivity contribution in [3.63, 3.8) is 0 Å². The quantitative estimate of drug-likeness (QED) is 0.824. The third-order valence-corrected chi connectivity index (χ3v) is 6.11. The topological polar surface area (TPSA) is 71.9 Å². The van der Waals surface area contributed by atoms with Gasteiger partial charge in [-0.2, -0.15) is 4.39 Å². The van der Waals surface area contributed by atoms with Crippen LogP contribution in [0.4, 0.5) is 4.39 Å². The van der Waals surface area contributed by atoms with E-state index in [1.807, 2.05) is 23.1 Å². The SMILES string of the molecule is O=C(Cc1ccc2c(c1)OCO2)N1C2CCC1CC(O)(c1cccnc1F)C2. The van der Waals surface area contributed by atoms with Crippen molar-refractivity contribution < 1.29 is 23.8 Å². The first-order valence-corrected chi connectivity index (χ1v) is 9.56. The summed E-state index contributed by atoms with van der Waals surface area (Å²) in [6.45, 7) is 0.201. The summed E-state index contributed by atoms with van der Waals surface area (Å²) in [4.78, 5) is 18.6. The van der Waals surface area contributed by atoms with Crippen molar-refractivity contribution in [1.82, 2.24) is 9.88 Å². The van der Waals surface area contributed by atoms with Gasteiger partial charge in [0, 0.05) is 36.7 Å². The number of nitrogens with zero attached hydrogens (tertiary/aromatic N) is 2. The fraction of sp³-hybridized carbons (Fsp3) is 0.429. The summed E-state index contributed by atoms with van der Waals surface area (Å²) in [5, 5.41) is 11.2. The molecule has 0 aliphatic carbocycles. The fourth-order valence-electron chi connectivity index (χ4n) is 4.90. The van der Waals surface area contributed by atoms with Gasteiger partial charge >= 0.3 is 0 Å². The molecule has 2 unspecified atom stereocenters. The number of ether oxygens (including phenoxy) is 2. The third-order valence-electron chi connectivity index (χ3n) is 6.11. The second kappa shape index (κ2) is 6.44. The first-order valence-electron chi connectivity index (χ1n) is 9.56. The summed E-state index contributed by atoms with van der Waals surface area (Å²) < 4.78 is 24.9. The maximum absolute atomic E-state index is 14.2. The minimum Gasteiger partial charge on any atom is -0.454 e. The van der Waals surface area contributed by atoms with Gasteiger partial charge in [0.2, 0.25) is 18.6 Å². The number of hydrogen-bond donors (Lipinski definition) is 1. The Labute approximate surface area is 161 Å². The number of carbonyl (C=O) groups excluding carboxylic acids is 1. The minimum atomic E-state index is -1.28. The number of rotatable bonds is 3. The number of fused-ring (bicyclic) bond motifs is 3. The van der Waals surface area contributed by atoms with Crippen LogP contribution in [0.2, 0.25) is 0 Å². The van der Waals surface area contributed by atoms with Crippen LogP contribution in [0.5, 0.6) is 11.5 Å². The molecule has 0 saturated carbocycles. The average molecular weight is 384 g/mol. The van der Waals surface area contributed by atoms with Crippen LogP contribution in [-0.2, 0) is 16.8 Å². The molecule has 6 nitrogen and oxygen atoms in total. The Hall–Kier alpha value is -2.67. The molecule has 0 radical (unpaired) electrons. The Kier molecular flexibility index (Phi) is 4.01. The van der Waals surface area contributed by atoms with Crippen LogP contribution in [0.3, 0.4) is 0 Å². The summed E-state index contributed by atoms with van der Waals surface area (Å²) in [5.41, 5.74) is -0.178. The largest absolute Gasteiger partial charge is 0.454 e. The zero-order chi connectivity index (χ0) is 19.3. The lowest BCUT2D eigenvalue weighted by Gasteiger charge is -2.44. The number of hydrogen-bond acceptors (Lipinski definition) is 5. The molecule has 146 valence electrons. The van der Waals surface area contributed by atoms with Crippen LogP contribution in [0.1, 0.15) is 36.8 Å². The average Bonchev–Trinajstić information content (AvgIpc) is 3.24. The number of carbonyl (C=O) groups is 1. The zero-order valence-electron chi connectivity index (χ0n) is 15.3. The smallest absolute Gasteiger partial charge is 0.231 e. The first-order chi connectivity index (χ1) is 13.5. The van der Waals surface area contributed by atoms with E-state index in [-0.39, 0.29) is 36.8 Å². The van der Waals surface area contributed by atoms with Crippen molar-refractivity contribution in [3.05, 3.63) is 53.6 Å². The maximum Gasteiger partial charge on any atom is 0.231 e. The third kappa shape index (κ3) is 2.81. The van der Waals surface area contributed by atoms with E-state index < -0.39 is 11.5 Å². The molecule has 3 aliphatic heterocycles. The molecule has 28 heavy (non-hydrogen) atoms. The molecule has 4 heterocycles. The molecule has 1 aromatic carbocycles. The standard InChI is InChI=1S/C21H21FN2O4/c22-20-16(2-1-7-23-20)21(26)10-14-4-5-15(11-21)24(14)19(25)9-13-3-6-17-18(8-13)28-12-27-17/h1-3,6-8,14-15,26H,4-5,9-12H2. The van der Waals surface area contributed by atoms with Crippen LogP contribution in [0, 0.1) is 5.95 Å². The van der Waals surface area contributed by atoms with Gasteiger partial charge in [0.15, 0.2) is 11.5 Å². The number of aliphatic hydroxyl groups is 1. The second-order valence-electron chi connectivity index (χ2n) is 7.83. The van der Waals surface area contributed by atoms with Crippen molar-refractivity contribution in [2.24, 2.45) is 0 Å². The Balaban J connectivity index is 1.34. The molecule has 1 N–H and O–H groups in total. The Morgan fingerprint density at radius 2 is 1.96 bits per heavy atom. The number of piperidine rings is 1. The van der Waals surface area contributed by atoms with E-state index in [0.717, 1.165) is 18.4 Å². The number of aromatic nitrogens is 1. The number of amides is 1. The second-order valence-corrected chi connectivity index (χ2v) is 7.83. The van der Waals surface area contributed by atoms with Gasteiger partial charge in [0.1, 0.15) is 0 Å². The van der Waals surface area contributed by atoms with Gasteiger partial charge in [-0.3, -0.25) is 4.79 Å². The van der Waals surface area contributed by atoms with Gasteiger partial charge in [0.25, 0.3) is 0 Å². The molecule has 2 aromatic rings. The lowest BCUT2D eigenvalue weighted by molar-refractivity contribution is -0.141. The monoisotopic (exact) mass is 384 g/mol. The van der Waals surface area contributed by atoms with E-state index in [1.54, 1.807) is 12.1 Å². The number of benzene rings is 1. The predicted octanol–water partition coefficient (Wildman–Crippen LogP) is 2.53. The van der Waals surface area contributed by atoms with E-state index in [1.165, 1.54) is 6.20 Å². The lowest BCUT2D eigenvalue weighted by Crippen LogP contribution is -2.52. The summed E-state index contributed by atoms with van der Waals surface area (Å²) in [6.07, 6.45) is 3.95. The van der Waals surface area contributed by atoms with Crippen LogP contribution in [-0.4, -0.2) is 39.8 Å². The van der Waals surface area contributed by atoms with Crippen LogP contribution >= 0.6 is 0 Å². The first kappa shape index (κ1) is 17.4. The predicted molar refractivity (Wildman–Crippen MR) is 97.3 cm³/mol. The number of halogens is 1. The molecule has 3 aliphatic rings. The molecule has 2 bridgehead atoms. The van der Waals surface area contributed by atoms with Crippen LogP contribution < -0.4 is 9.47 Å². The Morgan fingerprint density at radius 3 is 2.71 bits per heavy atom. The minimum absolute atomic E-state index is 0.0278. The van der Waals surface area contributed by atoms with Crippen LogP contribution in [0.15, 0.2) is 36.5 Å². The molecular formula is C21H21FN2O4. The van der Waals surface area contributed by atoms with E-state index in [2.05, 4.69) is 4.98 Å². The van der Waals surface area contributed by atoms with Crippen molar-refractivity contribution in [1.29, 1.82) is 0 Å². The molecule has 1 aromatic heterocycles. The van der Waals surface area contributed by atoms with Gasteiger partial charge in [-0.25, -0.2) is 4.98 Å². The van der Waals surface area contributed by atoms with E-state index in [0.29, 0.717) is 24.3 Å². The number of pyridine rings is 1. The van der Waals surface area contributed by atoms with Crippen molar-refractivity contribution in [2.45, 2.75) is 49.8 Å². The van der Waals surface area contributed by atoms with Gasteiger partial charge in [-0.1, -0.05) is 12.1 Å². The molecule has 5 rings (SSSR count). The molecule has 1 amide bonds. The fourth-order valence-corrected chi connectivity index (χ4v) is 4.90. The summed E-state index contributed by atoms with van der Waals surface area (Å²) in [7, 11) is 0. The molecule has 2 fully saturated rings. The molecule has 7 heteroatoms. The molecule has 2 saturated heterocycles. The van der Waals surface area contributed by atoms with Gasteiger partial charge in [-0.05, 0) is 36.6 Å². The van der Waals surface area contributed by atoms with Gasteiger partial charge < -0.3 is 19.5 Å². The Bertz CT molecular complexity index is 920. The van der Waals surface area contributed by atoms with Crippen LogP contribution in [0.25, 0.3) is 0 Å². The molecule has 0 spiro atoms. The van der Waals surface area contributed by atoms with Gasteiger partial charge in [0.05, 0.1) is 12.0 Å². The summed E-state index contributed by atoms with van der Waals surface area (Å²) in [6, 6.07) is 8.57. The highest BCUT2D eigenvalue weighted by atomic mass is 19.1. The van der Waals surface area contributed by atoms with Gasteiger partial charge in [-0.15, -0.1) is 0 Å².